The maximum atomic E-state index is 11.9. The third kappa shape index (κ3) is 12.4. The molecule has 0 aliphatic heterocycles. The minimum absolute atomic E-state index is 0.139. The third-order valence-electron chi connectivity index (χ3n) is 5.78. The van der Waals surface area contributed by atoms with Crippen molar-refractivity contribution >= 4 is 11.6 Å². The van der Waals surface area contributed by atoms with E-state index in [2.05, 4.69) is 59.9 Å². The Morgan fingerprint density at radius 2 is 1.76 bits per heavy atom. The van der Waals surface area contributed by atoms with Crippen LogP contribution in [0.25, 0.3) is 0 Å². The van der Waals surface area contributed by atoms with Gasteiger partial charge in [-0.3, -0.25) is 9.80 Å². The SMILES string of the molecule is CCN(CC)N=Nc1ccc(CCCCCCCCC(=O)NCCOCC2=CC=CC2)cc1. The van der Waals surface area contributed by atoms with Crippen molar-refractivity contribution in [2.45, 2.75) is 71.6 Å². The van der Waals surface area contributed by atoms with E-state index in [0.717, 1.165) is 44.5 Å². The average molecular weight is 455 g/mol. The topological polar surface area (TPSA) is 66.3 Å². The number of nitrogens with one attached hydrogen (secondary N) is 1. The Balaban J connectivity index is 1.40. The summed E-state index contributed by atoms with van der Waals surface area (Å²) in [6.07, 6.45) is 15.9. The molecule has 1 aromatic rings. The van der Waals surface area contributed by atoms with Crippen LogP contribution in [0.4, 0.5) is 5.69 Å². The van der Waals surface area contributed by atoms with Gasteiger partial charge >= 0.3 is 0 Å². The van der Waals surface area contributed by atoms with Crippen LogP contribution in [0.15, 0.2) is 58.4 Å². The number of ether oxygens (including phenoxy) is 1. The number of nitrogens with zero attached hydrogens (tertiary/aromatic N) is 3. The van der Waals surface area contributed by atoms with Crippen LogP contribution < -0.4 is 5.32 Å². The summed E-state index contributed by atoms with van der Waals surface area (Å²) in [6.45, 7) is 7.74. The lowest BCUT2D eigenvalue weighted by Crippen LogP contribution is -2.27. The number of amides is 1. The third-order valence-corrected chi connectivity index (χ3v) is 5.78. The minimum atomic E-state index is 0.139. The zero-order valence-corrected chi connectivity index (χ0v) is 20.6. The quantitative estimate of drug-likeness (QED) is 0.160. The van der Waals surface area contributed by atoms with Crippen molar-refractivity contribution in [1.82, 2.24) is 10.3 Å². The van der Waals surface area contributed by atoms with Crippen LogP contribution in [0, 0.1) is 0 Å². The van der Waals surface area contributed by atoms with Crippen LogP contribution >= 0.6 is 0 Å². The fraction of sp³-hybridized carbons (Fsp3) is 0.593. The predicted octanol–water partition coefficient (Wildman–Crippen LogP) is 6.32. The molecule has 2 rings (SSSR count). The Bertz CT molecular complexity index is 752. The van der Waals surface area contributed by atoms with Crippen LogP contribution in [-0.4, -0.2) is 43.8 Å². The molecule has 0 spiro atoms. The van der Waals surface area contributed by atoms with Gasteiger partial charge in [-0.05, 0) is 62.8 Å². The van der Waals surface area contributed by atoms with Crippen molar-refractivity contribution in [2.24, 2.45) is 10.3 Å². The van der Waals surface area contributed by atoms with Gasteiger partial charge in [-0.15, -0.1) is 5.11 Å². The molecule has 0 unspecified atom stereocenters. The van der Waals surface area contributed by atoms with E-state index in [1.165, 1.54) is 36.8 Å². The molecule has 6 heteroatoms. The van der Waals surface area contributed by atoms with Gasteiger partial charge in [-0.25, -0.2) is 0 Å². The number of rotatable bonds is 18. The molecule has 0 aromatic heterocycles. The molecular formula is C27H42N4O2. The number of hydrogen-bond donors (Lipinski definition) is 1. The van der Waals surface area contributed by atoms with Gasteiger partial charge in [0.2, 0.25) is 5.91 Å². The average Bonchev–Trinajstić information content (AvgIpc) is 3.35. The van der Waals surface area contributed by atoms with Gasteiger partial charge in [0.05, 0.1) is 18.9 Å². The van der Waals surface area contributed by atoms with Crippen LogP contribution in [0.1, 0.15) is 70.8 Å². The van der Waals surface area contributed by atoms with Gasteiger partial charge < -0.3 is 10.1 Å². The highest BCUT2D eigenvalue weighted by Gasteiger charge is 2.02. The molecule has 0 saturated heterocycles. The van der Waals surface area contributed by atoms with Gasteiger partial charge in [0.25, 0.3) is 0 Å². The van der Waals surface area contributed by atoms with Crippen molar-refractivity contribution < 1.29 is 9.53 Å². The zero-order chi connectivity index (χ0) is 23.6. The Labute approximate surface area is 200 Å². The van der Waals surface area contributed by atoms with Crippen molar-refractivity contribution in [1.29, 1.82) is 0 Å². The summed E-state index contributed by atoms with van der Waals surface area (Å²) in [5.74, 6) is 0.139. The predicted molar refractivity (Wildman–Crippen MR) is 136 cm³/mol. The molecule has 1 aromatic carbocycles. The molecule has 1 aliphatic rings. The molecule has 0 radical (unpaired) electrons. The number of carbonyl (C=O) groups is 1. The monoisotopic (exact) mass is 454 g/mol. The Morgan fingerprint density at radius 1 is 1.03 bits per heavy atom. The molecule has 33 heavy (non-hydrogen) atoms. The molecule has 1 N–H and O–H groups in total. The van der Waals surface area contributed by atoms with E-state index in [4.69, 9.17) is 4.74 Å². The van der Waals surface area contributed by atoms with Crippen molar-refractivity contribution in [3.05, 3.63) is 53.6 Å². The summed E-state index contributed by atoms with van der Waals surface area (Å²) in [4.78, 5) is 11.9. The fourth-order valence-electron chi connectivity index (χ4n) is 3.67. The Morgan fingerprint density at radius 3 is 2.45 bits per heavy atom. The number of unbranched alkanes of at least 4 members (excludes halogenated alkanes) is 5. The first-order valence-corrected chi connectivity index (χ1v) is 12.7. The first-order chi connectivity index (χ1) is 16.2. The van der Waals surface area contributed by atoms with Crippen molar-refractivity contribution in [2.75, 3.05) is 32.8 Å². The molecule has 0 heterocycles. The highest BCUT2D eigenvalue weighted by Crippen LogP contribution is 2.16. The molecule has 0 saturated carbocycles. The summed E-state index contributed by atoms with van der Waals surface area (Å²) < 4.78 is 5.58. The van der Waals surface area contributed by atoms with Gasteiger partial charge in [-0.2, -0.15) is 0 Å². The fourth-order valence-corrected chi connectivity index (χ4v) is 3.67. The maximum Gasteiger partial charge on any atom is 0.220 e. The van der Waals surface area contributed by atoms with Crippen molar-refractivity contribution in [3.8, 4) is 0 Å². The highest BCUT2D eigenvalue weighted by atomic mass is 16.5. The summed E-state index contributed by atoms with van der Waals surface area (Å²) in [5, 5.41) is 13.4. The number of benzene rings is 1. The van der Waals surface area contributed by atoms with E-state index in [0.29, 0.717) is 26.2 Å². The largest absolute Gasteiger partial charge is 0.375 e. The Hall–Kier alpha value is -2.47. The molecule has 1 amide bonds. The summed E-state index contributed by atoms with van der Waals surface area (Å²) in [6, 6.07) is 8.40. The van der Waals surface area contributed by atoms with Crippen molar-refractivity contribution in [3.63, 3.8) is 0 Å². The first-order valence-electron chi connectivity index (χ1n) is 12.7. The smallest absolute Gasteiger partial charge is 0.220 e. The lowest BCUT2D eigenvalue weighted by molar-refractivity contribution is -0.121. The van der Waals surface area contributed by atoms with Gasteiger partial charge in [0.1, 0.15) is 0 Å². The number of allylic oxidation sites excluding steroid dienone is 3. The Kier molecular flexibility index (Phi) is 13.8. The molecule has 0 bridgehead atoms. The molecule has 1 aliphatic carbocycles. The maximum absolute atomic E-state index is 11.9. The van der Waals surface area contributed by atoms with E-state index >= 15 is 0 Å². The van der Waals surface area contributed by atoms with E-state index in [1.807, 2.05) is 17.1 Å². The normalized spacial score (nSPS) is 13.0. The van der Waals surface area contributed by atoms with Gasteiger partial charge in [0.15, 0.2) is 0 Å². The van der Waals surface area contributed by atoms with Crippen LogP contribution in [0.3, 0.4) is 0 Å². The molecular weight excluding hydrogens is 412 g/mol. The molecule has 6 nitrogen and oxygen atoms in total. The van der Waals surface area contributed by atoms with Gasteiger partial charge in [0, 0.05) is 26.1 Å². The lowest BCUT2D eigenvalue weighted by atomic mass is 10.0. The van der Waals surface area contributed by atoms with Crippen LogP contribution in [0.2, 0.25) is 0 Å². The lowest BCUT2D eigenvalue weighted by Gasteiger charge is -2.11. The zero-order valence-electron chi connectivity index (χ0n) is 20.6. The van der Waals surface area contributed by atoms with Crippen LogP contribution in [-0.2, 0) is 16.0 Å². The van der Waals surface area contributed by atoms with Crippen LogP contribution in [0.5, 0.6) is 0 Å². The second kappa shape index (κ2) is 17.1. The first kappa shape index (κ1) is 26.8. The second-order valence-corrected chi connectivity index (χ2v) is 8.48. The highest BCUT2D eigenvalue weighted by molar-refractivity contribution is 5.75. The summed E-state index contributed by atoms with van der Waals surface area (Å²) >= 11 is 0. The van der Waals surface area contributed by atoms with Gasteiger partial charge in [-0.1, -0.05) is 61.3 Å². The molecule has 0 fully saturated rings. The second-order valence-electron chi connectivity index (χ2n) is 8.48. The molecule has 0 atom stereocenters. The summed E-state index contributed by atoms with van der Waals surface area (Å²) in [7, 11) is 0. The van der Waals surface area contributed by atoms with E-state index in [-0.39, 0.29) is 5.91 Å². The van der Waals surface area contributed by atoms with E-state index < -0.39 is 0 Å². The standard InChI is InChI=1S/C27H42N4O2/c1-3-31(4-2)30-29-26-19-17-24(18-20-26)13-9-7-5-6-8-10-16-27(32)28-21-22-33-23-25-14-11-12-15-25/h11-12,14,17-20H,3-10,13,15-16,21-23H2,1-2H3,(H,28,32). The van der Waals surface area contributed by atoms with E-state index in [1.54, 1.807) is 0 Å². The molecule has 182 valence electrons. The number of aryl methyl sites for hydroxylation is 1. The number of carbonyl (C=O) groups excluding carboxylic acids is 1. The summed E-state index contributed by atoms with van der Waals surface area (Å²) in [5.41, 5.74) is 3.56. The minimum Gasteiger partial charge on any atom is -0.375 e. The number of hydrogen-bond acceptors (Lipinski definition) is 4. The van der Waals surface area contributed by atoms with E-state index in [9.17, 15) is 4.79 Å².